The van der Waals surface area contributed by atoms with Crippen molar-refractivity contribution in [3.63, 3.8) is 0 Å². The molecular formula is C30H34ClFN4O3S. The van der Waals surface area contributed by atoms with Crippen molar-refractivity contribution in [3.8, 4) is 0 Å². The van der Waals surface area contributed by atoms with Crippen LogP contribution < -0.4 is 5.32 Å². The SMILES string of the molecule is Cc1cc(C(=O)N2CCC(C)(O)CC2)cc(C)c1/C=C/SN1CCC2(CC1)N=C(c1ccc(F)c(Cl)c1)NC2=O. The molecule has 2 fully saturated rings. The van der Waals surface area contributed by atoms with E-state index in [1.807, 2.05) is 43.2 Å². The Hall–Kier alpha value is -2.72. The molecule has 2 aromatic carbocycles. The molecule has 1 spiro atoms. The minimum Gasteiger partial charge on any atom is -0.390 e. The topological polar surface area (TPSA) is 85.2 Å². The lowest BCUT2D eigenvalue weighted by Gasteiger charge is -2.36. The number of likely N-dealkylation sites (tertiary alicyclic amines) is 1. The molecule has 2 N–H and O–H groups in total. The van der Waals surface area contributed by atoms with E-state index in [4.69, 9.17) is 16.6 Å². The Morgan fingerprint density at radius 1 is 1.10 bits per heavy atom. The first-order valence-electron chi connectivity index (χ1n) is 13.5. The van der Waals surface area contributed by atoms with Crippen LogP contribution in [0.5, 0.6) is 0 Å². The Balaban J connectivity index is 1.18. The molecule has 2 amide bonds. The highest BCUT2D eigenvalue weighted by molar-refractivity contribution is 8.00. The highest BCUT2D eigenvalue weighted by Gasteiger charge is 2.46. The number of halogens is 2. The number of aliphatic imine (C=N–C) groups is 1. The zero-order valence-corrected chi connectivity index (χ0v) is 24.5. The molecule has 0 aromatic heterocycles. The number of rotatable bonds is 5. The minimum absolute atomic E-state index is 0.00248. The van der Waals surface area contributed by atoms with Crippen LogP contribution in [0.2, 0.25) is 5.02 Å². The van der Waals surface area contributed by atoms with Gasteiger partial charge >= 0.3 is 0 Å². The predicted octanol–water partition coefficient (Wildman–Crippen LogP) is 5.11. The second kappa shape index (κ2) is 11.3. The molecule has 212 valence electrons. The first-order valence-corrected chi connectivity index (χ1v) is 14.8. The van der Waals surface area contributed by atoms with Crippen molar-refractivity contribution in [3.05, 3.63) is 74.4 Å². The fraction of sp³-hybridized carbons (Fsp3) is 0.433. The van der Waals surface area contributed by atoms with E-state index in [0.29, 0.717) is 68.8 Å². The van der Waals surface area contributed by atoms with Gasteiger partial charge < -0.3 is 15.3 Å². The maximum Gasteiger partial charge on any atom is 0.253 e. The number of nitrogens with zero attached hydrogens (tertiary/aromatic N) is 3. The van der Waals surface area contributed by atoms with Crippen LogP contribution in [0.4, 0.5) is 4.39 Å². The molecule has 40 heavy (non-hydrogen) atoms. The molecule has 2 saturated heterocycles. The van der Waals surface area contributed by atoms with Gasteiger partial charge in [0.25, 0.3) is 11.8 Å². The molecule has 0 unspecified atom stereocenters. The largest absolute Gasteiger partial charge is 0.390 e. The maximum absolute atomic E-state index is 13.6. The third-order valence-corrected chi connectivity index (χ3v) is 9.35. The predicted molar refractivity (Wildman–Crippen MR) is 158 cm³/mol. The van der Waals surface area contributed by atoms with E-state index in [1.165, 1.54) is 12.1 Å². The van der Waals surface area contributed by atoms with Gasteiger partial charge in [-0.15, -0.1) is 0 Å². The molecule has 0 aliphatic carbocycles. The summed E-state index contributed by atoms with van der Waals surface area (Å²) < 4.78 is 15.8. The van der Waals surface area contributed by atoms with Gasteiger partial charge in [-0.1, -0.05) is 23.5 Å². The Morgan fingerprint density at radius 2 is 1.75 bits per heavy atom. The Morgan fingerprint density at radius 3 is 2.38 bits per heavy atom. The molecular weight excluding hydrogens is 551 g/mol. The van der Waals surface area contributed by atoms with Crippen molar-refractivity contribution in [2.24, 2.45) is 4.99 Å². The summed E-state index contributed by atoms with van der Waals surface area (Å²) in [5, 5.41) is 15.1. The first kappa shape index (κ1) is 28.8. The normalized spacial score (nSPS) is 20.7. The van der Waals surface area contributed by atoms with Crippen molar-refractivity contribution in [1.29, 1.82) is 0 Å². The van der Waals surface area contributed by atoms with Crippen LogP contribution in [0.15, 0.2) is 40.7 Å². The van der Waals surface area contributed by atoms with Gasteiger partial charge in [0.15, 0.2) is 0 Å². The Labute approximate surface area is 243 Å². The van der Waals surface area contributed by atoms with E-state index in [-0.39, 0.29) is 16.8 Å². The number of carbonyl (C=O) groups is 2. The summed E-state index contributed by atoms with van der Waals surface area (Å²) in [5.41, 5.74) is 2.93. The Bertz CT molecular complexity index is 1370. The monoisotopic (exact) mass is 584 g/mol. The number of amidine groups is 1. The second-order valence-electron chi connectivity index (χ2n) is 11.2. The van der Waals surface area contributed by atoms with E-state index in [9.17, 15) is 19.1 Å². The van der Waals surface area contributed by atoms with Crippen molar-refractivity contribution >= 4 is 47.3 Å². The van der Waals surface area contributed by atoms with Crippen LogP contribution >= 0.6 is 23.5 Å². The summed E-state index contributed by atoms with van der Waals surface area (Å²) in [6.45, 7) is 8.37. The van der Waals surface area contributed by atoms with E-state index < -0.39 is 17.0 Å². The smallest absolute Gasteiger partial charge is 0.253 e. The number of hydrogen-bond donors (Lipinski definition) is 2. The number of aryl methyl sites for hydroxylation is 2. The van der Waals surface area contributed by atoms with Gasteiger partial charge in [0, 0.05) is 37.3 Å². The quantitative estimate of drug-likeness (QED) is 0.477. The summed E-state index contributed by atoms with van der Waals surface area (Å²) in [7, 11) is 0. The molecule has 0 atom stereocenters. The first-order chi connectivity index (χ1) is 19.0. The van der Waals surface area contributed by atoms with Crippen LogP contribution in [-0.4, -0.2) is 69.3 Å². The number of hydrogen-bond acceptors (Lipinski definition) is 6. The average Bonchev–Trinajstić information content (AvgIpc) is 3.23. The zero-order chi connectivity index (χ0) is 28.7. The lowest BCUT2D eigenvalue weighted by atomic mass is 9.89. The summed E-state index contributed by atoms with van der Waals surface area (Å²) in [4.78, 5) is 32.5. The number of amides is 2. The maximum atomic E-state index is 13.6. The highest BCUT2D eigenvalue weighted by atomic mass is 35.5. The minimum atomic E-state index is -0.809. The van der Waals surface area contributed by atoms with Crippen molar-refractivity contribution in [2.45, 2.75) is 57.6 Å². The van der Waals surface area contributed by atoms with Crippen molar-refractivity contribution in [2.75, 3.05) is 26.2 Å². The van der Waals surface area contributed by atoms with Gasteiger partial charge in [0.05, 0.1) is 10.6 Å². The van der Waals surface area contributed by atoms with Gasteiger partial charge in [0.2, 0.25) is 0 Å². The molecule has 7 nitrogen and oxygen atoms in total. The van der Waals surface area contributed by atoms with Crippen LogP contribution in [0, 0.1) is 19.7 Å². The van der Waals surface area contributed by atoms with Crippen LogP contribution in [0.3, 0.4) is 0 Å². The molecule has 3 aliphatic rings. The van der Waals surface area contributed by atoms with E-state index in [1.54, 1.807) is 18.0 Å². The van der Waals surface area contributed by atoms with Crippen molar-refractivity contribution < 1.29 is 19.1 Å². The van der Waals surface area contributed by atoms with Gasteiger partial charge in [-0.2, -0.15) is 0 Å². The van der Waals surface area contributed by atoms with Crippen molar-refractivity contribution in [1.82, 2.24) is 14.5 Å². The average molecular weight is 585 g/mol. The van der Waals surface area contributed by atoms with E-state index in [0.717, 1.165) is 16.7 Å². The third kappa shape index (κ3) is 5.98. The molecule has 2 aromatic rings. The van der Waals surface area contributed by atoms with E-state index >= 15 is 0 Å². The van der Waals surface area contributed by atoms with Crippen LogP contribution in [-0.2, 0) is 4.79 Å². The lowest BCUT2D eigenvalue weighted by Crippen LogP contribution is -2.47. The Kier molecular flexibility index (Phi) is 8.12. The van der Waals surface area contributed by atoms with Crippen LogP contribution in [0.1, 0.15) is 65.2 Å². The summed E-state index contributed by atoms with van der Waals surface area (Å²) in [6, 6.07) is 8.22. The molecule has 5 rings (SSSR count). The summed E-state index contributed by atoms with van der Waals surface area (Å²) in [5.74, 6) is -0.184. The molecule has 3 heterocycles. The number of aliphatic hydroxyl groups is 1. The summed E-state index contributed by atoms with van der Waals surface area (Å²) in [6.07, 6.45) is 4.42. The van der Waals surface area contributed by atoms with E-state index in [2.05, 4.69) is 15.7 Å². The number of carbonyl (C=O) groups excluding carboxylic acids is 2. The molecule has 0 saturated carbocycles. The number of benzene rings is 2. The standard InChI is InChI=1S/C30H34ClFN4O3S/c1-19-16-22(27(37)35-11-7-29(3,39)8-12-35)17-20(2)23(19)6-15-40-36-13-9-30(10-14-36)28(38)33-26(34-30)21-4-5-25(32)24(31)18-21/h4-6,15-18,39H,7-14H2,1-3H3,(H,33,34,38)/b15-6+. The fourth-order valence-electron chi connectivity index (χ4n) is 5.52. The van der Waals surface area contributed by atoms with Gasteiger partial charge in [0.1, 0.15) is 17.2 Å². The molecule has 10 heteroatoms. The van der Waals surface area contributed by atoms with Gasteiger partial charge in [-0.25, -0.2) is 8.70 Å². The lowest BCUT2D eigenvalue weighted by molar-refractivity contribution is -0.124. The molecule has 3 aliphatic heterocycles. The highest BCUT2D eigenvalue weighted by Crippen LogP contribution is 2.34. The van der Waals surface area contributed by atoms with Gasteiger partial charge in [-0.3, -0.25) is 14.6 Å². The summed E-state index contributed by atoms with van der Waals surface area (Å²) >= 11 is 7.52. The molecule has 0 radical (unpaired) electrons. The van der Waals surface area contributed by atoms with Crippen LogP contribution in [0.25, 0.3) is 6.08 Å². The second-order valence-corrected chi connectivity index (χ2v) is 12.6. The fourth-order valence-corrected chi connectivity index (χ4v) is 6.46. The molecule has 0 bridgehead atoms. The zero-order valence-electron chi connectivity index (χ0n) is 23.0. The number of piperidine rings is 2. The van der Waals surface area contributed by atoms with Gasteiger partial charge in [-0.05, 0) is 105 Å². The third-order valence-electron chi connectivity index (χ3n) is 8.14. The number of nitrogens with one attached hydrogen (secondary N) is 1.